The van der Waals surface area contributed by atoms with E-state index in [0.717, 1.165) is 11.1 Å². The molecule has 2 N–H and O–H groups in total. The molecule has 4 heteroatoms. The van der Waals surface area contributed by atoms with Gasteiger partial charge in [0.05, 0.1) is 5.56 Å². The van der Waals surface area contributed by atoms with Gasteiger partial charge in [0, 0.05) is 18.1 Å². The van der Waals surface area contributed by atoms with Crippen molar-refractivity contribution in [1.82, 2.24) is 4.98 Å². The molecule has 0 radical (unpaired) electrons. The number of benzene rings is 1. The molecule has 0 bridgehead atoms. The SMILES string of the molecule is Cc1ccc(C(=O)OCc2ccncc2)cc1N. The van der Waals surface area contributed by atoms with Gasteiger partial charge in [0.25, 0.3) is 0 Å². The average molecular weight is 242 g/mol. The van der Waals surface area contributed by atoms with Gasteiger partial charge < -0.3 is 10.5 Å². The molecule has 0 saturated heterocycles. The van der Waals surface area contributed by atoms with Crippen molar-refractivity contribution in [3.63, 3.8) is 0 Å². The van der Waals surface area contributed by atoms with Gasteiger partial charge in [-0.15, -0.1) is 0 Å². The van der Waals surface area contributed by atoms with Gasteiger partial charge in [0.2, 0.25) is 0 Å². The molecule has 0 unspecified atom stereocenters. The molecule has 1 heterocycles. The second-order valence-corrected chi connectivity index (χ2v) is 4.00. The number of nitrogens with zero attached hydrogens (tertiary/aromatic N) is 1. The first-order chi connectivity index (χ1) is 8.66. The predicted octanol–water partition coefficient (Wildman–Crippen LogP) is 2.33. The lowest BCUT2D eigenvalue weighted by molar-refractivity contribution is 0.0472. The summed E-state index contributed by atoms with van der Waals surface area (Å²) in [6.07, 6.45) is 3.32. The number of nitrogens with two attached hydrogens (primary N) is 1. The number of rotatable bonds is 3. The van der Waals surface area contributed by atoms with Crippen LogP contribution in [0.25, 0.3) is 0 Å². The van der Waals surface area contributed by atoms with Crippen molar-refractivity contribution >= 4 is 11.7 Å². The summed E-state index contributed by atoms with van der Waals surface area (Å²) in [4.78, 5) is 15.7. The first kappa shape index (κ1) is 12.1. The van der Waals surface area contributed by atoms with Crippen molar-refractivity contribution in [2.24, 2.45) is 0 Å². The number of pyridine rings is 1. The van der Waals surface area contributed by atoms with E-state index < -0.39 is 0 Å². The number of carbonyl (C=O) groups is 1. The maximum Gasteiger partial charge on any atom is 0.338 e. The number of nitrogen functional groups attached to an aromatic ring is 1. The van der Waals surface area contributed by atoms with Gasteiger partial charge in [-0.05, 0) is 42.3 Å². The Labute approximate surface area is 105 Å². The Morgan fingerprint density at radius 1 is 1.28 bits per heavy atom. The maximum atomic E-state index is 11.8. The summed E-state index contributed by atoms with van der Waals surface area (Å²) in [6, 6.07) is 8.75. The van der Waals surface area contributed by atoms with Crippen LogP contribution in [0.1, 0.15) is 21.5 Å². The molecular weight excluding hydrogens is 228 g/mol. The number of aryl methyl sites for hydroxylation is 1. The molecular formula is C14H14N2O2. The minimum Gasteiger partial charge on any atom is -0.457 e. The normalized spacial score (nSPS) is 10.1. The highest BCUT2D eigenvalue weighted by molar-refractivity contribution is 5.90. The van der Waals surface area contributed by atoms with Crippen LogP contribution in [0.2, 0.25) is 0 Å². The lowest BCUT2D eigenvalue weighted by Gasteiger charge is -2.06. The van der Waals surface area contributed by atoms with Crippen molar-refractivity contribution in [3.05, 3.63) is 59.4 Å². The van der Waals surface area contributed by atoms with Gasteiger partial charge in [-0.2, -0.15) is 0 Å². The quantitative estimate of drug-likeness (QED) is 0.662. The Morgan fingerprint density at radius 3 is 2.67 bits per heavy atom. The van der Waals surface area contributed by atoms with Crippen molar-refractivity contribution < 1.29 is 9.53 Å². The minimum absolute atomic E-state index is 0.231. The van der Waals surface area contributed by atoms with Gasteiger partial charge in [0.1, 0.15) is 6.61 Å². The predicted molar refractivity (Wildman–Crippen MR) is 68.9 cm³/mol. The summed E-state index contributed by atoms with van der Waals surface area (Å²) in [5.74, 6) is -0.376. The number of hydrogen-bond donors (Lipinski definition) is 1. The monoisotopic (exact) mass is 242 g/mol. The third-order valence-electron chi connectivity index (χ3n) is 2.63. The molecule has 2 rings (SSSR count). The molecule has 2 aromatic rings. The Hall–Kier alpha value is -2.36. The standard InChI is InChI=1S/C14H14N2O2/c1-10-2-3-12(8-13(10)15)14(17)18-9-11-4-6-16-7-5-11/h2-8H,9,15H2,1H3. The number of hydrogen-bond acceptors (Lipinski definition) is 4. The molecule has 0 aliphatic carbocycles. The number of anilines is 1. The molecule has 92 valence electrons. The van der Waals surface area contributed by atoms with Crippen molar-refractivity contribution in [3.8, 4) is 0 Å². The highest BCUT2D eigenvalue weighted by Gasteiger charge is 2.08. The van der Waals surface area contributed by atoms with Crippen LogP contribution in [-0.4, -0.2) is 11.0 Å². The van der Waals surface area contributed by atoms with E-state index in [1.54, 1.807) is 42.7 Å². The van der Waals surface area contributed by atoms with Crippen LogP contribution in [0, 0.1) is 6.92 Å². The van der Waals surface area contributed by atoms with Gasteiger partial charge in [-0.1, -0.05) is 6.07 Å². The summed E-state index contributed by atoms with van der Waals surface area (Å²) in [5.41, 5.74) is 8.65. The second kappa shape index (κ2) is 5.31. The molecule has 0 saturated carbocycles. The van der Waals surface area contributed by atoms with Crippen LogP contribution in [0.4, 0.5) is 5.69 Å². The van der Waals surface area contributed by atoms with Crippen LogP contribution in [0.3, 0.4) is 0 Å². The number of aromatic nitrogens is 1. The lowest BCUT2D eigenvalue weighted by Crippen LogP contribution is -2.06. The van der Waals surface area contributed by atoms with Gasteiger partial charge >= 0.3 is 5.97 Å². The van der Waals surface area contributed by atoms with Crippen LogP contribution in [0.15, 0.2) is 42.7 Å². The van der Waals surface area contributed by atoms with Crippen molar-refractivity contribution in [2.45, 2.75) is 13.5 Å². The molecule has 18 heavy (non-hydrogen) atoms. The first-order valence-electron chi connectivity index (χ1n) is 5.59. The summed E-state index contributed by atoms with van der Waals surface area (Å²) < 4.78 is 5.19. The molecule has 0 atom stereocenters. The largest absolute Gasteiger partial charge is 0.457 e. The van der Waals surface area contributed by atoms with E-state index in [-0.39, 0.29) is 12.6 Å². The number of ether oxygens (including phenoxy) is 1. The zero-order valence-corrected chi connectivity index (χ0v) is 10.1. The van der Waals surface area contributed by atoms with E-state index in [0.29, 0.717) is 11.3 Å². The van der Waals surface area contributed by atoms with Gasteiger partial charge in [0.15, 0.2) is 0 Å². The zero-order chi connectivity index (χ0) is 13.0. The van der Waals surface area contributed by atoms with E-state index in [1.807, 2.05) is 6.92 Å². The van der Waals surface area contributed by atoms with Crippen LogP contribution in [0.5, 0.6) is 0 Å². The summed E-state index contributed by atoms with van der Waals surface area (Å²) >= 11 is 0. The van der Waals surface area contributed by atoms with Crippen LogP contribution in [-0.2, 0) is 11.3 Å². The Bertz CT molecular complexity index is 553. The van der Waals surface area contributed by atoms with E-state index in [2.05, 4.69) is 4.98 Å². The Morgan fingerprint density at radius 2 is 2.00 bits per heavy atom. The van der Waals surface area contributed by atoms with Crippen molar-refractivity contribution in [2.75, 3.05) is 5.73 Å². The Balaban J connectivity index is 2.02. The third kappa shape index (κ3) is 2.85. The third-order valence-corrected chi connectivity index (χ3v) is 2.63. The molecule has 1 aromatic heterocycles. The van der Waals surface area contributed by atoms with Crippen molar-refractivity contribution in [1.29, 1.82) is 0 Å². The summed E-state index contributed by atoms with van der Waals surface area (Å²) in [7, 11) is 0. The number of esters is 1. The zero-order valence-electron chi connectivity index (χ0n) is 10.1. The van der Waals surface area contributed by atoms with Gasteiger partial charge in [-0.3, -0.25) is 4.98 Å². The minimum atomic E-state index is -0.376. The molecule has 4 nitrogen and oxygen atoms in total. The van der Waals surface area contributed by atoms with Gasteiger partial charge in [-0.25, -0.2) is 4.79 Å². The second-order valence-electron chi connectivity index (χ2n) is 4.00. The first-order valence-corrected chi connectivity index (χ1v) is 5.59. The topological polar surface area (TPSA) is 65.2 Å². The van der Waals surface area contributed by atoms with Crippen LogP contribution < -0.4 is 5.73 Å². The number of carbonyl (C=O) groups excluding carboxylic acids is 1. The molecule has 1 aromatic carbocycles. The molecule has 0 fully saturated rings. The maximum absolute atomic E-state index is 11.8. The average Bonchev–Trinajstić information content (AvgIpc) is 2.40. The fraction of sp³-hybridized carbons (Fsp3) is 0.143. The fourth-order valence-corrected chi connectivity index (χ4v) is 1.48. The molecule has 0 spiro atoms. The van der Waals surface area contributed by atoms with Crippen LogP contribution >= 0.6 is 0 Å². The molecule has 0 aliphatic heterocycles. The van der Waals surface area contributed by atoms with E-state index in [9.17, 15) is 4.79 Å². The van der Waals surface area contributed by atoms with E-state index >= 15 is 0 Å². The smallest absolute Gasteiger partial charge is 0.338 e. The summed E-state index contributed by atoms with van der Waals surface area (Å²) in [5, 5.41) is 0. The molecule has 0 amide bonds. The van der Waals surface area contributed by atoms with E-state index in [4.69, 9.17) is 10.5 Å². The lowest BCUT2D eigenvalue weighted by atomic mass is 10.1. The highest BCUT2D eigenvalue weighted by Crippen LogP contribution is 2.14. The highest BCUT2D eigenvalue weighted by atomic mass is 16.5. The van der Waals surface area contributed by atoms with E-state index in [1.165, 1.54) is 0 Å². The fourth-order valence-electron chi connectivity index (χ4n) is 1.48. The molecule has 0 aliphatic rings. The Kier molecular flexibility index (Phi) is 3.57. The summed E-state index contributed by atoms with van der Waals surface area (Å²) in [6.45, 7) is 2.12.